The third-order valence-electron chi connectivity index (χ3n) is 3.04. The van der Waals surface area contributed by atoms with Gasteiger partial charge in [0.2, 0.25) is 0 Å². The van der Waals surface area contributed by atoms with Crippen molar-refractivity contribution in [1.82, 2.24) is 9.97 Å². The fourth-order valence-corrected chi connectivity index (χ4v) is 1.66. The second kappa shape index (κ2) is 3.98. The Hall–Kier alpha value is -1.56. The van der Waals surface area contributed by atoms with E-state index in [2.05, 4.69) is 9.97 Å². The maximum absolute atomic E-state index is 12.8. The summed E-state index contributed by atoms with van der Waals surface area (Å²) in [7, 11) is 0. The van der Waals surface area contributed by atoms with Crippen LogP contribution in [0.25, 0.3) is 11.0 Å². The molecule has 2 rings (SSSR count). The van der Waals surface area contributed by atoms with E-state index in [1.54, 1.807) is 12.1 Å². The number of fused-ring (bicyclic) bond motifs is 1. The molecule has 0 fully saturated rings. The summed E-state index contributed by atoms with van der Waals surface area (Å²) in [6.45, 7) is 2.88. The summed E-state index contributed by atoms with van der Waals surface area (Å²) >= 11 is 0. The van der Waals surface area contributed by atoms with Crippen LogP contribution in [0.4, 0.5) is 13.2 Å². The van der Waals surface area contributed by atoms with Gasteiger partial charge in [0, 0.05) is 0 Å². The molecule has 1 unspecified atom stereocenters. The van der Waals surface area contributed by atoms with Gasteiger partial charge < -0.3 is 10.7 Å². The number of hydrogen-bond donors (Lipinski definition) is 2. The maximum Gasteiger partial charge on any atom is 0.413 e. The number of aryl methyl sites for hydroxylation is 1. The van der Waals surface area contributed by atoms with Crippen LogP contribution in [0.3, 0.4) is 0 Å². The second-order valence-electron chi connectivity index (χ2n) is 4.49. The molecular weight excluding hydrogens is 243 g/mol. The fourth-order valence-electron chi connectivity index (χ4n) is 1.66. The Bertz CT molecular complexity index is 569. The van der Waals surface area contributed by atoms with Crippen LogP contribution in [0.5, 0.6) is 0 Å². The van der Waals surface area contributed by atoms with Crippen molar-refractivity contribution in [2.75, 3.05) is 0 Å². The van der Waals surface area contributed by atoms with Crippen LogP contribution in [0.15, 0.2) is 18.2 Å². The number of hydrogen-bond acceptors (Lipinski definition) is 2. The molecule has 98 valence electrons. The summed E-state index contributed by atoms with van der Waals surface area (Å²) in [6.07, 6.45) is -3.74. The van der Waals surface area contributed by atoms with E-state index < -0.39 is 11.7 Å². The van der Waals surface area contributed by atoms with Crippen molar-refractivity contribution in [1.29, 1.82) is 0 Å². The number of aromatic nitrogens is 2. The average molecular weight is 257 g/mol. The summed E-state index contributed by atoms with van der Waals surface area (Å²) < 4.78 is 38.4. The maximum atomic E-state index is 12.8. The SMILES string of the molecule is CCc1ccc2nc(C(C)(N)C(F)(F)F)[nH]c2c1. The van der Waals surface area contributed by atoms with E-state index in [1.165, 1.54) is 0 Å². The largest absolute Gasteiger partial charge is 0.413 e. The minimum absolute atomic E-state index is 0.266. The molecule has 0 aliphatic carbocycles. The Morgan fingerprint density at radius 3 is 2.56 bits per heavy atom. The molecule has 18 heavy (non-hydrogen) atoms. The second-order valence-corrected chi connectivity index (χ2v) is 4.49. The molecule has 0 saturated carbocycles. The van der Waals surface area contributed by atoms with Crippen molar-refractivity contribution in [2.24, 2.45) is 5.73 Å². The standard InChI is InChI=1S/C12H14F3N3/c1-3-7-4-5-8-9(6-7)18-10(17-8)11(2,16)12(13,14)15/h4-6H,3,16H2,1-2H3,(H,17,18). The molecule has 1 aromatic heterocycles. The van der Waals surface area contributed by atoms with Gasteiger partial charge >= 0.3 is 6.18 Å². The fraction of sp³-hybridized carbons (Fsp3) is 0.417. The Morgan fingerprint density at radius 1 is 1.33 bits per heavy atom. The van der Waals surface area contributed by atoms with Gasteiger partial charge in [-0.3, -0.25) is 0 Å². The minimum atomic E-state index is -4.55. The molecule has 1 heterocycles. The molecule has 1 atom stereocenters. The molecule has 0 aliphatic rings. The first kappa shape index (κ1) is 12.9. The van der Waals surface area contributed by atoms with Crippen molar-refractivity contribution in [3.8, 4) is 0 Å². The first-order chi connectivity index (χ1) is 8.25. The van der Waals surface area contributed by atoms with Crippen LogP contribution in [0, 0.1) is 0 Å². The zero-order valence-corrected chi connectivity index (χ0v) is 10.1. The number of H-pyrrole nitrogens is 1. The highest BCUT2D eigenvalue weighted by Gasteiger charge is 2.51. The van der Waals surface area contributed by atoms with Gasteiger partial charge in [0.15, 0.2) is 5.54 Å². The van der Waals surface area contributed by atoms with Crippen molar-refractivity contribution in [3.63, 3.8) is 0 Å². The minimum Gasteiger partial charge on any atom is -0.340 e. The molecule has 0 spiro atoms. The highest BCUT2D eigenvalue weighted by molar-refractivity contribution is 5.76. The third-order valence-corrected chi connectivity index (χ3v) is 3.04. The van der Waals surface area contributed by atoms with Gasteiger partial charge in [-0.05, 0) is 31.0 Å². The van der Waals surface area contributed by atoms with E-state index in [0.29, 0.717) is 11.0 Å². The predicted molar refractivity (Wildman–Crippen MR) is 63.1 cm³/mol. The lowest BCUT2D eigenvalue weighted by atomic mass is 10.0. The van der Waals surface area contributed by atoms with Gasteiger partial charge in [0.1, 0.15) is 5.82 Å². The van der Waals surface area contributed by atoms with Gasteiger partial charge in [0.05, 0.1) is 11.0 Å². The third kappa shape index (κ3) is 1.96. The normalized spacial score (nSPS) is 15.9. The Morgan fingerprint density at radius 2 is 2.00 bits per heavy atom. The summed E-state index contributed by atoms with van der Waals surface area (Å²) in [6, 6.07) is 5.33. The van der Waals surface area contributed by atoms with E-state index in [0.717, 1.165) is 18.9 Å². The van der Waals surface area contributed by atoms with Gasteiger partial charge in [-0.1, -0.05) is 13.0 Å². The van der Waals surface area contributed by atoms with Crippen LogP contribution in [-0.2, 0) is 12.0 Å². The lowest BCUT2D eigenvalue weighted by Gasteiger charge is -2.24. The lowest BCUT2D eigenvalue weighted by Crippen LogP contribution is -2.48. The Kier molecular flexibility index (Phi) is 2.85. The highest BCUT2D eigenvalue weighted by atomic mass is 19.4. The molecule has 3 N–H and O–H groups in total. The summed E-state index contributed by atoms with van der Waals surface area (Å²) in [5.41, 5.74) is 4.95. The highest BCUT2D eigenvalue weighted by Crippen LogP contribution is 2.35. The molecule has 0 amide bonds. The van der Waals surface area contributed by atoms with E-state index in [9.17, 15) is 13.2 Å². The van der Waals surface area contributed by atoms with E-state index in [-0.39, 0.29) is 5.82 Å². The quantitative estimate of drug-likeness (QED) is 0.869. The number of benzene rings is 1. The lowest BCUT2D eigenvalue weighted by molar-refractivity contribution is -0.186. The zero-order valence-electron chi connectivity index (χ0n) is 10.1. The molecule has 0 aliphatic heterocycles. The smallest absolute Gasteiger partial charge is 0.340 e. The van der Waals surface area contributed by atoms with Crippen LogP contribution in [-0.4, -0.2) is 16.1 Å². The molecule has 3 nitrogen and oxygen atoms in total. The number of nitrogens with one attached hydrogen (secondary N) is 1. The summed E-state index contributed by atoms with van der Waals surface area (Å²) in [4.78, 5) is 6.59. The van der Waals surface area contributed by atoms with Crippen molar-refractivity contribution < 1.29 is 13.2 Å². The van der Waals surface area contributed by atoms with Crippen molar-refractivity contribution >= 4 is 11.0 Å². The number of imidazole rings is 1. The van der Waals surface area contributed by atoms with Crippen LogP contribution in [0.2, 0.25) is 0 Å². The van der Waals surface area contributed by atoms with Gasteiger partial charge in [-0.2, -0.15) is 13.2 Å². The Balaban J connectivity index is 2.54. The first-order valence-electron chi connectivity index (χ1n) is 5.60. The predicted octanol–water partition coefficient (Wildman–Crippen LogP) is 2.86. The number of nitrogens with two attached hydrogens (primary N) is 1. The molecule has 0 saturated heterocycles. The summed E-state index contributed by atoms with van der Waals surface area (Å²) in [5, 5.41) is 0. The van der Waals surface area contributed by atoms with E-state index in [1.807, 2.05) is 13.0 Å². The molecule has 0 bridgehead atoms. The molecular formula is C12H14F3N3. The number of aromatic amines is 1. The number of rotatable bonds is 2. The van der Waals surface area contributed by atoms with Crippen LogP contribution >= 0.6 is 0 Å². The monoisotopic (exact) mass is 257 g/mol. The van der Waals surface area contributed by atoms with Crippen molar-refractivity contribution in [2.45, 2.75) is 32.0 Å². The van der Waals surface area contributed by atoms with Gasteiger partial charge in [-0.15, -0.1) is 0 Å². The average Bonchev–Trinajstić information content (AvgIpc) is 2.70. The van der Waals surface area contributed by atoms with E-state index >= 15 is 0 Å². The van der Waals surface area contributed by atoms with E-state index in [4.69, 9.17) is 5.73 Å². The van der Waals surface area contributed by atoms with Crippen LogP contribution < -0.4 is 5.73 Å². The summed E-state index contributed by atoms with van der Waals surface area (Å²) in [5.74, 6) is -0.266. The van der Waals surface area contributed by atoms with Crippen molar-refractivity contribution in [3.05, 3.63) is 29.6 Å². The number of halogens is 3. The topological polar surface area (TPSA) is 54.7 Å². The first-order valence-corrected chi connectivity index (χ1v) is 5.60. The van der Waals surface area contributed by atoms with Gasteiger partial charge in [-0.25, -0.2) is 4.98 Å². The Labute approximate surface area is 102 Å². The molecule has 6 heteroatoms. The molecule has 1 aromatic carbocycles. The number of alkyl halides is 3. The number of nitrogens with zero attached hydrogens (tertiary/aromatic N) is 1. The molecule has 0 radical (unpaired) electrons. The zero-order chi connectivity index (χ0) is 13.6. The van der Waals surface area contributed by atoms with Gasteiger partial charge in [0.25, 0.3) is 0 Å². The van der Waals surface area contributed by atoms with Crippen LogP contribution in [0.1, 0.15) is 25.2 Å². The molecule has 2 aromatic rings.